The maximum atomic E-state index is 12.1. The Kier molecular flexibility index (Phi) is 8.64. The first kappa shape index (κ1) is 22.1. The van der Waals surface area contributed by atoms with Gasteiger partial charge in [0.15, 0.2) is 12.0 Å². The van der Waals surface area contributed by atoms with Gasteiger partial charge in [-0.25, -0.2) is 9.59 Å². The molecule has 11 nitrogen and oxygen atoms in total. The van der Waals surface area contributed by atoms with Crippen molar-refractivity contribution in [2.45, 2.75) is 63.6 Å². The molecule has 1 aromatic heterocycles. The van der Waals surface area contributed by atoms with E-state index < -0.39 is 42.9 Å². The number of carbonyl (C=O) groups excluding carboxylic acids is 1. The summed E-state index contributed by atoms with van der Waals surface area (Å²) in [5.41, 5.74) is 1.48. The minimum atomic E-state index is -1.39. The van der Waals surface area contributed by atoms with Crippen molar-refractivity contribution in [2.24, 2.45) is 0 Å². The fraction of sp³-hybridized carbons (Fsp3) is 0.706. The van der Waals surface area contributed by atoms with Crippen LogP contribution in [-0.4, -0.2) is 62.4 Å². The molecule has 4 atom stereocenters. The van der Waals surface area contributed by atoms with E-state index in [1.54, 1.807) is 0 Å². The molecule has 1 aliphatic heterocycles. The van der Waals surface area contributed by atoms with Gasteiger partial charge in [0.2, 0.25) is 0 Å². The lowest BCUT2D eigenvalue weighted by atomic mass is 10.1. The van der Waals surface area contributed by atoms with Crippen molar-refractivity contribution in [2.75, 3.05) is 18.6 Å². The maximum Gasteiger partial charge on any atom is 0.431 e. The summed E-state index contributed by atoms with van der Waals surface area (Å²) in [6.45, 7) is 2.12. The Morgan fingerprint density at radius 2 is 2.04 bits per heavy atom. The van der Waals surface area contributed by atoms with Crippen molar-refractivity contribution >= 4 is 11.9 Å². The summed E-state index contributed by atoms with van der Waals surface area (Å²) in [7, 11) is 0. The highest BCUT2D eigenvalue weighted by Crippen LogP contribution is 2.28. The monoisotopic (exact) mass is 400 g/mol. The van der Waals surface area contributed by atoms with Crippen LogP contribution in [0.3, 0.4) is 0 Å². The lowest BCUT2D eigenvalue weighted by molar-refractivity contribution is -0.0549. The van der Waals surface area contributed by atoms with Crippen molar-refractivity contribution in [3.63, 3.8) is 0 Å². The summed E-state index contributed by atoms with van der Waals surface area (Å²) in [6, 6.07) is 1.34. The van der Waals surface area contributed by atoms with Crippen LogP contribution in [0.25, 0.3) is 0 Å². The Bertz CT molecular complexity index is 684. The molecule has 0 spiro atoms. The van der Waals surface area contributed by atoms with Gasteiger partial charge in [0.1, 0.15) is 18.3 Å². The highest BCUT2D eigenvalue weighted by atomic mass is 16.7. The number of aromatic nitrogens is 2. The third-order valence-electron chi connectivity index (χ3n) is 4.42. The molecular formula is C17H28N4O7. The number of anilines is 1. The molecular weight excluding hydrogens is 372 g/mol. The molecule has 2 heterocycles. The molecule has 0 bridgehead atoms. The van der Waals surface area contributed by atoms with Crippen LogP contribution in [0.2, 0.25) is 0 Å². The van der Waals surface area contributed by atoms with Crippen LogP contribution in [-0.2, 0) is 9.57 Å². The zero-order valence-corrected chi connectivity index (χ0v) is 15.8. The van der Waals surface area contributed by atoms with Gasteiger partial charge in [-0.15, -0.1) is 0 Å². The predicted molar refractivity (Wildman–Crippen MR) is 98.4 cm³/mol. The molecule has 28 heavy (non-hydrogen) atoms. The van der Waals surface area contributed by atoms with Gasteiger partial charge in [-0.1, -0.05) is 32.6 Å². The first-order valence-corrected chi connectivity index (χ1v) is 9.40. The second kappa shape index (κ2) is 11.0. The Morgan fingerprint density at radius 1 is 1.29 bits per heavy atom. The van der Waals surface area contributed by atoms with E-state index in [4.69, 9.17) is 14.7 Å². The van der Waals surface area contributed by atoms with E-state index in [1.807, 2.05) is 0 Å². The zero-order valence-electron chi connectivity index (χ0n) is 15.8. The van der Waals surface area contributed by atoms with E-state index in [-0.39, 0.29) is 5.82 Å². The highest BCUT2D eigenvalue weighted by Gasteiger charge is 2.43. The van der Waals surface area contributed by atoms with Gasteiger partial charge in [-0.2, -0.15) is 10.5 Å². The van der Waals surface area contributed by atoms with Gasteiger partial charge in [0, 0.05) is 18.8 Å². The molecule has 0 radical (unpaired) electrons. The average Bonchev–Trinajstić information content (AvgIpc) is 2.97. The second-order valence-electron chi connectivity index (χ2n) is 6.56. The number of nitrogens with one attached hydrogen (secondary N) is 2. The van der Waals surface area contributed by atoms with Gasteiger partial charge < -0.3 is 30.2 Å². The van der Waals surface area contributed by atoms with Crippen LogP contribution in [0.1, 0.15) is 45.3 Å². The minimum absolute atomic E-state index is 0.00825. The number of nitrogens with zero attached hydrogens (tertiary/aromatic N) is 2. The minimum Gasteiger partial charge on any atom is -0.394 e. The normalized spacial score (nSPS) is 24.1. The Morgan fingerprint density at radius 3 is 2.68 bits per heavy atom. The number of hydrogen-bond acceptors (Lipinski definition) is 9. The fourth-order valence-corrected chi connectivity index (χ4v) is 2.83. The largest absolute Gasteiger partial charge is 0.431 e. The first-order valence-electron chi connectivity index (χ1n) is 9.40. The molecule has 0 aliphatic carbocycles. The first-order chi connectivity index (χ1) is 13.5. The van der Waals surface area contributed by atoms with Crippen molar-refractivity contribution in [1.29, 1.82) is 0 Å². The summed E-state index contributed by atoms with van der Waals surface area (Å²) in [5, 5.41) is 31.4. The van der Waals surface area contributed by atoms with Crippen LogP contribution >= 0.6 is 0 Å². The number of amides is 1. The van der Waals surface area contributed by atoms with Crippen LogP contribution < -0.4 is 16.5 Å². The number of carbonyl (C=O) groups is 1. The van der Waals surface area contributed by atoms with E-state index in [9.17, 15) is 19.8 Å². The number of hydrogen-bond donors (Lipinski definition) is 5. The molecule has 0 unspecified atom stereocenters. The number of unbranched alkanes of at least 4 members (excludes halogenated alkanes) is 4. The fourth-order valence-electron chi connectivity index (χ4n) is 2.83. The van der Waals surface area contributed by atoms with Crippen molar-refractivity contribution in [3.8, 4) is 0 Å². The average molecular weight is 400 g/mol. The van der Waals surface area contributed by atoms with E-state index in [0.717, 1.165) is 30.3 Å². The van der Waals surface area contributed by atoms with Gasteiger partial charge in [-0.3, -0.25) is 4.57 Å². The van der Waals surface area contributed by atoms with Gasteiger partial charge >= 0.3 is 11.8 Å². The Labute approximate surface area is 162 Å². The molecule has 1 aliphatic rings. The van der Waals surface area contributed by atoms with E-state index >= 15 is 0 Å². The quantitative estimate of drug-likeness (QED) is 0.267. The zero-order chi connectivity index (χ0) is 20.5. The molecule has 0 aromatic carbocycles. The molecule has 0 saturated carbocycles. The topological polar surface area (TPSA) is 155 Å². The van der Waals surface area contributed by atoms with E-state index in [1.165, 1.54) is 18.7 Å². The standard InChI is InChI=1S/C17H28N4O7/c1-2-3-4-5-6-8-18-17(26)28-20-12-7-9-21(16(25)19-12)15-14(24)13(23)11(10-22)27-15/h7,9,11,13-15,22-24H,2-6,8,10H2,1H3,(H,18,26)(H,19,20,25)/t11-,13+,14+,15-/m1/s1. The molecule has 1 aromatic rings. The molecule has 1 amide bonds. The van der Waals surface area contributed by atoms with E-state index in [2.05, 4.69) is 22.7 Å². The Balaban J connectivity index is 1.81. The lowest BCUT2D eigenvalue weighted by Gasteiger charge is -2.17. The van der Waals surface area contributed by atoms with Crippen LogP contribution in [0.5, 0.6) is 0 Å². The number of aliphatic hydroxyl groups excluding tert-OH is 3. The number of aliphatic hydroxyl groups is 3. The summed E-state index contributed by atoms with van der Waals surface area (Å²) in [5.74, 6) is -0.00825. The summed E-state index contributed by atoms with van der Waals surface area (Å²) >= 11 is 0. The summed E-state index contributed by atoms with van der Waals surface area (Å²) in [4.78, 5) is 32.2. The van der Waals surface area contributed by atoms with E-state index in [0.29, 0.717) is 6.54 Å². The van der Waals surface area contributed by atoms with Gasteiger partial charge in [0.05, 0.1) is 6.61 Å². The highest BCUT2D eigenvalue weighted by molar-refractivity contribution is 5.67. The third-order valence-corrected chi connectivity index (χ3v) is 4.42. The molecule has 5 N–H and O–H groups in total. The SMILES string of the molecule is CCCCCCCNC(=O)ONc1ccn([C@@H]2O[C@H](CO)[C@H](O)[C@@H]2O)c(=O)n1. The molecule has 11 heteroatoms. The predicted octanol–water partition coefficient (Wildman–Crippen LogP) is -0.122. The second-order valence-corrected chi connectivity index (χ2v) is 6.56. The van der Waals surface area contributed by atoms with Crippen molar-refractivity contribution in [3.05, 3.63) is 22.7 Å². The molecule has 2 rings (SSSR count). The molecule has 1 saturated heterocycles. The molecule has 1 fully saturated rings. The number of rotatable bonds is 10. The molecule has 158 valence electrons. The van der Waals surface area contributed by atoms with Crippen LogP contribution in [0.15, 0.2) is 17.1 Å². The maximum absolute atomic E-state index is 12.1. The van der Waals surface area contributed by atoms with Crippen LogP contribution in [0.4, 0.5) is 10.6 Å². The lowest BCUT2D eigenvalue weighted by Crippen LogP contribution is -2.36. The summed E-state index contributed by atoms with van der Waals surface area (Å²) in [6.07, 6.45) is 1.01. The van der Waals surface area contributed by atoms with Crippen molar-refractivity contribution < 1.29 is 29.7 Å². The van der Waals surface area contributed by atoms with Crippen LogP contribution in [0, 0.1) is 0 Å². The van der Waals surface area contributed by atoms with Gasteiger partial charge in [-0.05, 0) is 6.42 Å². The summed E-state index contributed by atoms with van der Waals surface area (Å²) < 4.78 is 6.25. The Hall–Kier alpha value is -2.21. The van der Waals surface area contributed by atoms with Crippen molar-refractivity contribution in [1.82, 2.24) is 14.9 Å². The third kappa shape index (κ3) is 5.89. The number of ether oxygens (including phenoxy) is 1. The smallest absolute Gasteiger partial charge is 0.394 e. The van der Waals surface area contributed by atoms with Gasteiger partial charge in [0.25, 0.3) is 0 Å².